The van der Waals surface area contributed by atoms with Gasteiger partial charge >= 0.3 is 11.9 Å². The van der Waals surface area contributed by atoms with E-state index in [-0.39, 0.29) is 0 Å². The number of carbonyl (C=O) groups is 2. The van der Waals surface area contributed by atoms with Gasteiger partial charge in [0, 0.05) is 24.0 Å². The van der Waals surface area contributed by atoms with E-state index in [2.05, 4.69) is 35.8 Å². The van der Waals surface area contributed by atoms with E-state index in [4.69, 9.17) is 0 Å². The van der Waals surface area contributed by atoms with Crippen LogP contribution in [0.5, 0.6) is 0 Å². The van der Waals surface area contributed by atoms with E-state index >= 15 is 0 Å². The van der Waals surface area contributed by atoms with Crippen LogP contribution in [0.2, 0.25) is 0 Å². The van der Waals surface area contributed by atoms with Crippen LogP contribution in [0.1, 0.15) is 11.1 Å². The Kier molecular flexibility index (Phi) is 6.57. The van der Waals surface area contributed by atoms with Gasteiger partial charge in [0.2, 0.25) is 0 Å². The minimum atomic E-state index is -0.533. The van der Waals surface area contributed by atoms with Crippen LogP contribution in [0.15, 0.2) is 74.3 Å². The molecule has 0 saturated carbocycles. The molecule has 1 aromatic rings. The van der Waals surface area contributed by atoms with Crippen molar-refractivity contribution in [2.45, 2.75) is 12.8 Å². The molecule has 22 heavy (non-hydrogen) atoms. The van der Waals surface area contributed by atoms with E-state index in [0.29, 0.717) is 24.0 Å². The Bertz CT molecular complexity index is 571. The molecule has 0 saturated heterocycles. The van der Waals surface area contributed by atoms with Crippen LogP contribution in [-0.4, -0.2) is 11.9 Å². The Balaban J connectivity index is 2.86. The Morgan fingerprint density at radius 2 is 1.23 bits per heavy atom. The second kappa shape index (κ2) is 8.42. The van der Waals surface area contributed by atoms with Crippen LogP contribution in [0.3, 0.4) is 0 Å². The lowest BCUT2D eigenvalue weighted by Crippen LogP contribution is -2.09. The molecule has 0 heterocycles. The molecule has 0 fully saturated rings. The van der Waals surface area contributed by atoms with Gasteiger partial charge in [0.1, 0.15) is 0 Å². The summed E-state index contributed by atoms with van der Waals surface area (Å²) in [7, 11) is 0. The highest BCUT2D eigenvalue weighted by Gasteiger charge is 2.14. The van der Waals surface area contributed by atoms with Crippen LogP contribution >= 0.6 is 0 Å². The summed E-state index contributed by atoms with van der Waals surface area (Å²) >= 11 is 0. The first-order valence-electron chi connectivity index (χ1n) is 6.55. The normalized spacial score (nSPS) is 9.45. The average Bonchev–Trinajstić information content (AvgIpc) is 2.49. The summed E-state index contributed by atoms with van der Waals surface area (Å²) in [6.45, 7) is 14.1. The summed E-state index contributed by atoms with van der Waals surface area (Å²) < 4.78 is 9.38. The molecule has 1 rings (SSSR count). The summed E-state index contributed by atoms with van der Waals surface area (Å²) in [5, 5.41) is 0. The number of hydrogen-bond acceptors (Lipinski definition) is 4. The van der Waals surface area contributed by atoms with Gasteiger partial charge in [0.15, 0.2) is 0 Å². The van der Waals surface area contributed by atoms with Crippen LogP contribution in [0.4, 0.5) is 0 Å². The fraction of sp³-hybridized carbons (Fsp3) is 0.111. The fourth-order valence-electron chi connectivity index (χ4n) is 1.82. The Morgan fingerprint density at radius 1 is 0.864 bits per heavy atom. The number of benzene rings is 1. The molecule has 1 aromatic carbocycles. The minimum absolute atomic E-state index is 0.298. The number of ether oxygens (including phenoxy) is 2. The number of carbonyl (C=O) groups excluding carboxylic acids is 2. The van der Waals surface area contributed by atoms with Gasteiger partial charge in [-0.05, 0) is 11.1 Å². The van der Waals surface area contributed by atoms with Crippen LogP contribution in [0.25, 0.3) is 0 Å². The largest absolute Gasteiger partial charge is 0.432 e. The highest BCUT2D eigenvalue weighted by atomic mass is 16.5. The van der Waals surface area contributed by atoms with E-state index in [0.717, 1.165) is 23.7 Å². The van der Waals surface area contributed by atoms with Gasteiger partial charge in [0.25, 0.3) is 0 Å². The third kappa shape index (κ3) is 4.90. The molecular weight excluding hydrogens is 280 g/mol. The molecule has 0 radical (unpaired) electrons. The zero-order valence-corrected chi connectivity index (χ0v) is 12.3. The van der Waals surface area contributed by atoms with E-state index < -0.39 is 11.9 Å². The van der Waals surface area contributed by atoms with Crippen molar-refractivity contribution in [2.75, 3.05) is 0 Å². The first-order valence-corrected chi connectivity index (χ1v) is 6.55. The third-order valence-electron chi connectivity index (χ3n) is 2.88. The first-order chi connectivity index (χ1) is 10.5. The number of rotatable bonds is 8. The van der Waals surface area contributed by atoms with E-state index in [1.54, 1.807) is 0 Å². The molecule has 4 heteroatoms. The lowest BCUT2D eigenvalue weighted by Gasteiger charge is -2.11. The SMILES string of the molecule is C=COC(=O)C(=C)Cc1ccccc1CC(=C)C(=O)OC=C. The predicted octanol–water partition coefficient (Wildman–Crippen LogP) is 3.26. The lowest BCUT2D eigenvalue weighted by atomic mass is 9.96. The van der Waals surface area contributed by atoms with Gasteiger partial charge in [-0.3, -0.25) is 0 Å². The molecule has 114 valence electrons. The molecule has 0 aliphatic rings. The van der Waals surface area contributed by atoms with Gasteiger partial charge in [-0.2, -0.15) is 0 Å². The average molecular weight is 298 g/mol. The second-order valence-electron chi connectivity index (χ2n) is 4.47. The van der Waals surface area contributed by atoms with Gasteiger partial charge in [-0.15, -0.1) is 0 Å². The maximum atomic E-state index is 11.6. The highest BCUT2D eigenvalue weighted by molar-refractivity contribution is 5.89. The van der Waals surface area contributed by atoms with Gasteiger partial charge in [-0.25, -0.2) is 9.59 Å². The van der Waals surface area contributed by atoms with Crippen molar-refractivity contribution in [3.05, 3.63) is 85.4 Å². The van der Waals surface area contributed by atoms with E-state index in [1.165, 1.54) is 0 Å². The van der Waals surface area contributed by atoms with Crippen molar-refractivity contribution in [3.63, 3.8) is 0 Å². The van der Waals surface area contributed by atoms with Crippen LogP contribution in [0, 0.1) is 0 Å². The molecule has 0 atom stereocenters. The Morgan fingerprint density at radius 3 is 1.55 bits per heavy atom. The molecule has 0 aromatic heterocycles. The zero-order chi connectivity index (χ0) is 16.5. The van der Waals surface area contributed by atoms with Crippen LogP contribution in [-0.2, 0) is 31.9 Å². The molecule has 0 bridgehead atoms. The van der Waals surface area contributed by atoms with Crippen molar-refractivity contribution in [1.82, 2.24) is 0 Å². The second-order valence-corrected chi connectivity index (χ2v) is 4.47. The van der Waals surface area contributed by atoms with Crippen molar-refractivity contribution < 1.29 is 19.1 Å². The Hall–Kier alpha value is -2.88. The number of hydrogen-bond donors (Lipinski definition) is 0. The van der Waals surface area contributed by atoms with Crippen molar-refractivity contribution in [2.24, 2.45) is 0 Å². The molecule has 0 spiro atoms. The van der Waals surface area contributed by atoms with Crippen molar-refractivity contribution >= 4 is 11.9 Å². The van der Waals surface area contributed by atoms with Crippen LogP contribution < -0.4 is 0 Å². The summed E-state index contributed by atoms with van der Waals surface area (Å²) in [5.41, 5.74) is 2.32. The van der Waals surface area contributed by atoms with Crippen molar-refractivity contribution in [1.29, 1.82) is 0 Å². The monoisotopic (exact) mass is 298 g/mol. The zero-order valence-electron chi connectivity index (χ0n) is 12.3. The molecule has 0 N–H and O–H groups in total. The maximum absolute atomic E-state index is 11.6. The lowest BCUT2D eigenvalue weighted by molar-refractivity contribution is -0.134. The molecule has 0 aliphatic heterocycles. The minimum Gasteiger partial charge on any atom is -0.432 e. The summed E-state index contributed by atoms with van der Waals surface area (Å²) in [4.78, 5) is 23.2. The summed E-state index contributed by atoms with van der Waals surface area (Å²) in [6.07, 6.45) is 2.75. The van der Waals surface area contributed by atoms with E-state index in [9.17, 15) is 9.59 Å². The molecule has 0 aliphatic carbocycles. The summed E-state index contributed by atoms with van der Waals surface area (Å²) in [6, 6.07) is 7.40. The van der Waals surface area contributed by atoms with Gasteiger partial charge < -0.3 is 9.47 Å². The van der Waals surface area contributed by atoms with Gasteiger partial charge in [-0.1, -0.05) is 50.6 Å². The Labute approximate surface area is 130 Å². The number of esters is 2. The molecule has 0 unspecified atom stereocenters. The molecular formula is C18H18O4. The van der Waals surface area contributed by atoms with E-state index in [1.807, 2.05) is 24.3 Å². The quantitative estimate of drug-likeness (QED) is 0.420. The topological polar surface area (TPSA) is 52.6 Å². The smallest absolute Gasteiger partial charge is 0.338 e. The highest BCUT2D eigenvalue weighted by Crippen LogP contribution is 2.17. The van der Waals surface area contributed by atoms with Gasteiger partial charge in [0.05, 0.1) is 12.5 Å². The first kappa shape index (κ1) is 17.2. The fourth-order valence-corrected chi connectivity index (χ4v) is 1.82. The molecule has 4 nitrogen and oxygen atoms in total. The maximum Gasteiger partial charge on any atom is 0.338 e. The third-order valence-corrected chi connectivity index (χ3v) is 2.88. The predicted molar refractivity (Wildman–Crippen MR) is 84.7 cm³/mol. The standard InChI is InChI=1S/C18H18O4/c1-5-21-17(19)13(3)11-15-9-7-8-10-16(15)12-14(4)18(20)22-6-2/h5-10H,1-4,11-12H2. The molecule has 0 amide bonds. The summed E-state index contributed by atoms with van der Waals surface area (Å²) in [5.74, 6) is -1.07. The van der Waals surface area contributed by atoms with Crippen molar-refractivity contribution in [3.8, 4) is 0 Å².